The Balaban J connectivity index is 2.18. The fourth-order valence-electron chi connectivity index (χ4n) is 2.14. The second kappa shape index (κ2) is 5.28. The zero-order valence-electron chi connectivity index (χ0n) is 11.7. The highest BCUT2D eigenvalue weighted by atomic mass is 16.5. The van der Waals surface area contributed by atoms with E-state index >= 15 is 0 Å². The predicted molar refractivity (Wildman–Crippen MR) is 77.3 cm³/mol. The van der Waals surface area contributed by atoms with Gasteiger partial charge in [-0.25, -0.2) is 9.48 Å². The summed E-state index contributed by atoms with van der Waals surface area (Å²) in [4.78, 5) is 11.7. The van der Waals surface area contributed by atoms with Crippen LogP contribution in [0, 0.1) is 6.92 Å². The van der Waals surface area contributed by atoms with Crippen LogP contribution in [0.5, 0.6) is 0 Å². The molecule has 3 aromatic rings. The molecule has 0 saturated carbocycles. The number of furan rings is 1. The maximum atomic E-state index is 11.7. The lowest BCUT2D eigenvalue weighted by molar-refractivity contribution is 0.0593. The van der Waals surface area contributed by atoms with Gasteiger partial charge in [0.05, 0.1) is 19.1 Å². The van der Waals surface area contributed by atoms with Crippen molar-refractivity contribution >= 4 is 5.97 Å². The van der Waals surface area contributed by atoms with E-state index in [1.165, 1.54) is 7.11 Å². The van der Waals surface area contributed by atoms with Gasteiger partial charge in [0.25, 0.3) is 0 Å². The van der Waals surface area contributed by atoms with Crippen LogP contribution in [0.25, 0.3) is 17.1 Å². The van der Waals surface area contributed by atoms with Crippen molar-refractivity contribution in [1.29, 1.82) is 0 Å². The van der Waals surface area contributed by atoms with Crippen LogP contribution >= 0.6 is 0 Å². The number of carbonyl (C=O) groups excluding carboxylic acids is 1. The van der Waals surface area contributed by atoms with E-state index in [1.807, 2.05) is 37.3 Å². The highest BCUT2D eigenvalue weighted by molar-refractivity contribution is 5.88. The molecule has 0 radical (unpaired) electrons. The number of aryl methyl sites for hydroxylation is 1. The molecule has 0 N–H and O–H groups in total. The van der Waals surface area contributed by atoms with Gasteiger partial charge in [-0.2, -0.15) is 5.10 Å². The molecule has 2 aromatic heterocycles. The number of hydrogen-bond acceptors (Lipinski definition) is 4. The minimum absolute atomic E-state index is 0.241. The molecule has 0 unspecified atom stereocenters. The van der Waals surface area contributed by atoms with Gasteiger partial charge < -0.3 is 9.15 Å². The third-order valence-corrected chi connectivity index (χ3v) is 3.12. The molecule has 2 heterocycles. The van der Waals surface area contributed by atoms with Crippen LogP contribution in [0.1, 0.15) is 16.1 Å². The first-order valence-corrected chi connectivity index (χ1v) is 6.48. The van der Waals surface area contributed by atoms with Gasteiger partial charge in [-0.15, -0.1) is 0 Å². The molecule has 0 aliphatic rings. The van der Waals surface area contributed by atoms with Crippen molar-refractivity contribution in [1.82, 2.24) is 9.78 Å². The summed E-state index contributed by atoms with van der Waals surface area (Å²) in [6, 6.07) is 13.1. The normalized spacial score (nSPS) is 10.6. The Morgan fingerprint density at radius 3 is 2.76 bits per heavy atom. The van der Waals surface area contributed by atoms with E-state index in [2.05, 4.69) is 5.10 Å². The topological polar surface area (TPSA) is 57.3 Å². The van der Waals surface area contributed by atoms with E-state index in [0.717, 1.165) is 11.3 Å². The largest absolute Gasteiger partial charge is 0.464 e. The number of methoxy groups -OCH3 is 1. The van der Waals surface area contributed by atoms with Crippen LogP contribution in [0.4, 0.5) is 0 Å². The summed E-state index contributed by atoms with van der Waals surface area (Å²) in [5.41, 5.74) is 2.90. The van der Waals surface area contributed by atoms with Crippen LogP contribution in [0.15, 0.2) is 53.1 Å². The predicted octanol–water partition coefficient (Wildman–Crippen LogP) is 3.23. The molecule has 0 aliphatic heterocycles. The van der Waals surface area contributed by atoms with Gasteiger partial charge >= 0.3 is 5.97 Å². The molecule has 0 bridgehead atoms. The highest BCUT2D eigenvalue weighted by Gasteiger charge is 2.18. The first kappa shape index (κ1) is 13.2. The van der Waals surface area contributed by atoms with Gasteiger partial charge in [0.1, 0.15) is 5.69 Å². The molecule has 21 heavy (non-hydrogen) atoms. The molecule has 0 saturated heterocycles. The van der Waals surface area contributed by atoms with Crippen LogP contribution < -0.4 is 0 Å². The summed E-state index contributed by atoms with van der Waals surface area (Å²) in [7, 11) is 1.33. The van der Waals surface area contributed by atoms with Crippen LogP contribution in [0.2, 0.25) is 0 Å². The molecule has 106 valence electrons. The summed E-state index contributed by atoms with van der Waals surface area (Å²) < 4.78 is 11.8. The Labute approximate surface area is 121 Å². The minimum Gasteiger partial charge on any atom is -0.464 e. The molecule has 0 atom stereocenters. The lowest BCUT2D eigenvalue weighted by Crippen LogP contribution is -2.04. The fraction of sp³-hybridized carbons (Fsp3) is 0.125. The van der Waals surface area contributed by atoms with E-state index in [1.54, 1.807) is 23.1 Å². The second-order valence-electron chi connectivity index (χ2n) is 4.63. The van der Waals surface area contributed by atoms with Gasteiger partial charge in [0.15, 0.2) is 11.5 Å². The van der Waals surface area contributed by atoms with Crippen molar-refractivity contribution in [3.05, 3.63) is 60.0 Å². The summed E-state index contributed by atoms with van der Waals surface area (Å²) >= 11 is 0. The van der Waals surface area contributed by atoms with Crippen molar-refractivity contribution in [2.75, 3.05) is 7.11 Å². The number of nitrogens with zero attached hydrogens (tertiary/aromatic N) is 2. The third kappa shape index (κ3) is 2.45. The summed E-state index contributed by atoms with van der Waals surface area (Å²) in [5, 5.41) is 4.33. The SMILES string of the molecule is COC(=O)c1cc(-c2ccco2)n(-c2cccc(C)c2)n1. The molecule has 0 aliphatic carbocycles. The third-order valence-electron chi connectivity index (χ3n) is 3.12. The minimum atomic E-state index is -0.478. The van der Waals surface area contributed by atoms with Gasteiger partial charge in [-0.1, -0.05) is 12.1 Å². The Hall–Kier alpha value is -2.82. The summed E-state index contributed by atoms with van der Waals surface area (Å²) in [6.07, 6.45) is 1.58. The summed E-state index contributed by atoms with van der Waals surface area (Å²) in [6.45, 7) is 2.00. The van der Waals surface area contributed by atoms with E-state index < -0.39 is 5.97 Å². The number of esters is 1. The number of hydrogen-bond donors (Lipinski definition) is 0. The van der Waals surface area contributed by atoms with Crippen molar-refractivity contribution in [3.63, 3.8) is 0 Å². The zero-order chi connectivity index (χ0) is 14.8. The van der Waals surface area contributed by atoms with Gasteiger partial charge in [-0.3, -0.25) is 0 Å². The molecule has 0 fully saturated rings. The molecule has 0 amide bonds. The van der Waals surface area contributed by atoms with Gasteiger partial charge in [-0.05, 0) is 36.8 Å². The fourth-order valence-corrected chi connectivity index (χ4v) is 2.14. The monoisotopic (exact) mass is 282 g/mol. The number of carbonyl (C=O) groups is 1. The van der Waals surface area contributed by atoms with Gasteiger partial charge in [0, 0.05) is 6.07 Å². The highest BCUT2D eigenvalue weighted by Crippen LogP contribution is 2.25. The number of aromatic nitrogens is 2. The lowest BCUT2D eigenvalue weighted by Gasteiger charge is -2.06. The Morgan fingerprint density at radius 1 is 1.24 bits per heavy atom. The first-order valence-electron chi connectivity index (χ1n) is 6.48. The van der Waals surface area contributed by atoms with E-state index in [4.69, 9.17) is 9.15 Å². The molecule has 3 rings (SSSR count). The smallest absolute Gasteiger partial charge is 0.358 e. The second-order valence-corrected chi connectivity index (χ2v) is 4.63. The van der Waals surface area contributed by atoms with Crippen molar-refractivity contribution in [2.45, 2.75) is 6.92 Å². The van der Waals surface area contributed by atoms with Crippen LogP contribution in [-0.2, 0) is 4.74 Å². The maximum absolute atomic E-state index is 11.7. The van der Waals surface area contributed by atoms with Crippen molar-refractivity contribution in [2.24, 2.45) is 0 Å². The van der Waals surface area contributed by atoms with E-state index in [-0.39, 0.29) is 5.69 Å². The Kier molecular flexibility index (Phi) is 3.31. The number of benzene rings is 1. The molecule has 5 nitrogen and oxygen atoms in total. The molecule has 1 aromatic carbocycles. The van der Waals surface area contributed by atoms with Crippen LogP contribution in [0.3, 0.4) is 0 Å². The average molecular weight is 282 g/mol. The number of rotatable bonds is 3. The quantitative estimate of drug-likeness (QED) is 0.692. The molecule has 5 heteroatoms. The lowest BCUT2D eigenvalue weighted by atomic mass is 10.2. The van der Waals surface area contributed by atoms with Gasteiger partial charge in [0.2, 0.25) is 0 Å². The maximum Gasteiger partial charge on any atom is 0.358 e. The molecular formula is C16H14N2O3. The average Bonchev–Trinajstić information content (AvgIpc) is 3.15. The van der Waals surface area contributed by atoms with Crippen molar-refractivity contribution in [3.8, 4) is 17.1 Å². The van der Waals surface area contributed by atoms with E-state index in [9.17, 15) is 4.79 Å². The zero-order valence-corrected chi connectivity index (χ0v) is 11.7. The molecular weight excluding hydrogens is 268 g/mol. The number of ether oxygens (including phenoxy) is 1. The standard InChI is InChI=1S/C16H14N2O3/c1-11-5-3-6-12(9-11)18-14(15-7-4-8-21-15)10-13(17-18)16(19)20-2/h3-10H,1-2H3. The van der Waals surface area contributed by atoms with E-state index in [0.29, 0.717) is 11.5 Å². The Bertz CT molecular complexity index is 773. The Morgan fingerprint density at radius 2 is 2.10 bits per heavy atom. The molecule has 0 spiro atoms. The van der Waals surface area contributed by atoms with Crippen LogP contribution in [-0.4, -0.2) is 22.9 Å². The first-order chi connectivity index (χ1) is 10.2. The summed E-state index contributed by atoms with van der Waals surface area (Å²) in [5.74, 6) is 0.161. The van der Waals surface area contributed by atoms with Crippen molar-refractivity contribution < 1.29 is 13.9 Å².